The summed E-state index contributed by atoms with van der Waals surface area (Å²) in [5.41, 5.74) is -2.03. The van der Waals surface area contributed by atoms with Gasteiger partial charge in [0.05, 0.1) is 25.9 Å². The monoisotopic (exact) mass is 289 g/mol. The highest BCUT2D eigenvalue weighted by Gasteiger charge is 2.44. The average molecular weight is 289 g/mol. The average Bonchev–Trinajstić information content (AvgIpc) is 2.46. The first-order valence-corrected chi connectivity index (χ1v) is 5.99. The lowest BCUT2D eigenvalue weighted by atomic mass is 9.88. The van der Waals surface area contributed by atoms with Gasteiger partial charge in [-0.1, -0.05) is 12.1 Å². The van der Waals surface area contributed by atoms with E-state index in [1.54, 1.807) is 0 Å². The van der Waals surface area contributed by atoms with E-state index in [0.29, 0.717) is 13.2 Å². The third-order valence-electron chi connectivity index (χ3n) is 3.21. The number of morpholine rings is 1. The number of alkyl halides is 3. The smallest absolute Gasteiger partial charge is 0.416 e. The van der Waals surface area contributed by atoms with E-state index in [2.05, 4.69) is 5.32 Å². The quantitative estimate of drug-likeness (QED) is 0.842. The van der Waals surface area contributed by atoms with Crippen LogP contribution in [0, 0.1) is 0 Å². The Hall–Kier alpha value is -1.60. The Kier molecular flexibility index (Phi) is 4.01. The van der Waals surface area contributed by atoms with Crippen molar-refractivity contribution in [1.29, 1.82) is 0 Å². The first kappa shape index (κ1) is 14.8. The molecule has 0 bridgehead atoms. The molecule has 7 heteroatoms. The number of carbonyl (C=O) groups is 1. The molecule has 110 valence electrons. The molecule has 1 aliphatic heterocycles. The van der Waals surface area contributed by atoms with E-state index < -0.39 is 23.2 Å². The Morgan fingerprint density at radius 1 is 1.45 bits per heavy atom. The first-order chi connectivity index (χ1) is 9.40. The van der Waals surface area contributed by atoms with Crippen molar-refractivity contribution in [3.63, 3.8) is 0 Å². The second-order valence-corrected chi connectivity index (χ2v) is 4.45. The van der Waals surface area contributed by atoms with E-state index in [1.807, 2.05) is 0 Å². The van der Waals surface area contributed by atoms with E-state index in [1.165, 1.54) is 19.2 Å². The van der Waals surface area contributed by atoms with Crippen LogP contribution in [0.15, 0.2) is 24.3 Å². The molecule has 1 saturated heterocycles. The van der Waals surface area contributed by atoms with Gasteiger partial charge in [0, 0.05) is 6.54 Å². The number of nitrogens with one attached hydrogen (secondary N) is 1. The minimum atomic E-state index is -4.47. The largest absolute Gasteiger partial charge is 0.467 e. The molecule has 1 unspecified atom stereocenters. The molecule has 1 atom stereocenters. The molecule has 0 spiro atoms. The standard InChI is InChI=1S/C13H14F3NO3/c1-19-11(18)12(8-20-6-5-17-12)9-3-2-4-10(7-9)13(14,15)16/h2-4,7,17H,5-6,8H2,1H3. The van der Waals surface area contributed by atoms with Crippen molar-refractivity contribution in [3.8, 4) is 0 Å². The van der Waals surface area contributed by atoms with Crippen LogP contribution in [-0.2, 0) is 26.0 Å². The van der Waals surface area contributed by atoms with Gasteiger partial charge in [0.25, 0.3) is 0 Å². The SMILES string of the molecule is COC(=O)C1(c2cccc(C(F)(F)F)c2)COCCN1. The fourth-order valence-corrected chi connectivity index (χ4v) is 2.18. The fourth-order valence-electron chi connectivity index (χ4n) is 2.18. The number of halogens is 3. The van der Waals surface area contributed by atoms with Crippen LogP contribution >= 0.6 is 0 Å². The maximum absolute atomic E-state index is 12.8. The summed E-state index contributed by atoms with van der Waals surface area (Å²) in [5.74, 6) is -0.670. The number of carbonyl (C=O) groups excluding carboxylic acids is 1. The van der Waals surface area contributed by atoms with Crippen molar-refractivity contribution in [3.05, 3.63) is 35.4 Å². The van der Waals surface area contributed by atoms with Gasteiger partial charge >= 0.3 is 12.1 Å². The van der Waals surface area contributed by atoms with Gasteiger partial charge in [-0.3, -0.25) is 5.32 Å². The van der Waals surface area contributed by atoms with Crippen LogP contribution in [0.4, 0.5) is 13.2 Å². The van der Waals surface area contributed by atoms with E-state index in [-0.39, 0.29) is 12.2 Å². The number of ether oxygens (including phenoxy) is 2. The summed E-state index contributed by atoms with van der Waals surface area (Å²) in [6, 6.07) is 4.61. The van der Waals surface area contributed by atoms with Gasteiger partial charge in [-0.15, -0.1) is 0 Å². The lowest BCUT2D eigenvalue weighted by Gasteiger charge is -2.36. The van der Waals surface area contributed by atoms with Gasteiger partial charge in [0.2, 0.25) is 0 Å². The Morgan fingerprint density at radius 3 is 2.75 bits per heavy atom. The van der Waals surface area contributed by atoms with E-state index in [0.717, 1.165) is 12.1 Å². The molecule has 1 heterocycles. The molecule has 0 aromatic heterocycles. The van der Waals surface area contributed by atoms with E-state index in [9.17, 15) is 18.0 Å². The van der Waals surface area contributed by atoms with Gasteiger partial charge in [0.1, 0.15) is 0 Å². The third-order valence-corrected chi connectivity index (χ3v) is 3.21. The molecule has 2 rings (SSSR count). The summed E-state index contributed by atoms with van der Waals surface area (Å²) in [5, 5.41) is 2.91. The van der Waals surface area contributed by atoms with Crippen LogP contribution < -0.4 is 5.32 Å². The Bertz CT molecular complexity index is 496. The van der Waals surface area contributed by atoms with Gasteiger partial charge in [-0.25, -0.2) is 4.79 Å². The molecule has 1 N–H and O–H groups in total. The number of rotatable bonds is 2. The summed E-state index contributed by atoms with van der Waals surface area (Å²) >= 11 is 0. The van der Waals surface area contributed by atoms with Crippen LogP contribution in [0.1, 0.15) is 11.1 Å². The maximum atomic E-state index is 12.8. The van der Waals surface area contributed by atoms with Gasteiger partial charge in [0.15, 0.2) is 5.54 Å². The Balaban J connectivity index is 2.47. The summed E-state index contributed by atoms with van der Waals surface area (Å²) in [4.78, 5) is 12.0. The Morgan fingerprint density at radius 2 is 2.20 bits per heavy atom. The maximum Gasteiger partial charge on any atom is 0.416 e. The molecule has 20 heavy (non-hydrogen) atoms. The molecule has 1 aromatic carbocycles. The zero-order valence-electron chi connectivity index (χ0n) is 10.8. The van der Waals surface area contributed by atoms with Crippen molar-refractivity contribution < 1.29 is 27.4 Å². The van der Waals surface area contributed by atoms with E-state index in [4.69, 9.17) is 9.47 Å². The highest BCUT2D eigenvalue weighted by Crippen LogP contribution is 2.33. The summed E-state index contributed by atoms with van der Waals surface area (Å²) in [7, 11) is 1.19. The van der Waals surface area contributed by atoms with Crippen LogP contribution in [-0.4, -0.2) is 32.8 Å². The van der Waals surface area contributed by atoms with Gasteiger partial charge < -0.3 is 9.47 Å². The fraction of sp³-hybridized carbons (Fsp3) is 0.462. The normalized spacial score (nSPS) is 23.4. The van der Waals surface area contributed by atoms with Gasteiger partial charge in [-0.2, -0.15) is 13.2 Å². The molecule has 1 fully saturated rings. The number of hydrogen-bond acceptors (Lipinski definition) is 4. The Labute approximate surface area is 113 Å². The second kappa shape index (κ2) is 5.41. The van der Waals surface area contributed by atoms with Crippen LogP contribution in [0.25, 0.3) is 0 Å². The van der Waals surface area contributed by atoms with Crippen molar-refractivity contribution in [2.45, 2.75) is 11.7 Å². The highest BCUT2D eigenvalue weighted by atomic mass is 19.4. The van der Waals surface area contributed by atoms with Crippen molar-refractivity contribution in [2.24, 2.45) is 0 Å². The predicted molar refractivity (Wildman–Crippen MR) is 64.0 cm³/mol. The molecule has 4 nitrogen and oxygen atoms in total. The van der Waals surface area contributed by atoms with Gasteiger partial charge in [-0.05, 0) is 17.7 Å². The van der Waals surface area contributed by atoms with Crippen molar-refractivity contribution in [2.75, 3.05) is 26.9 Å². The molecule has 1 aromatic rings. The highest BCUT2D eigenvalue weighted by molar-refractivity contribution is 5.83. The summed E-state index contributed by atoms with van der Waals surface area (Å²) < 4.78 is 48.3. The number of benzene rings is 1. The minimum absolute atomic E-state index is 0.0685. The molecular weight excluding hydrogens is 275 g/mol. The summed E-state index contributed by atoms with van der Waals surface area (Å²) in [6.07, 6.45) is -4.47. The lowest BCUT2D eigenvalue weighted by molar-refractivity contribution is -0.155. The van der Waals surface area contributed by atoms with Crippen molar-refractivity contribution in [1.82, 2.24) is 5.32 Å². The molecule has 0 amide bonds. The summed E-state index contributed by atoms with van der Waals surface area (Å²) in [6.45, 7) is 0.671. The van der Waals surface area contributed by atoms with E-state index >= 15 is 0 Å². The topological polar surface area (TPSA) is 47.6 Å². The van der Waals surface area contributed by atoms with Crippen LogP contribution in [0.3, 0.4) is 0 Å². The van der Waals surface area contributed by atoms with Crippen LogP contribution in [0.2, 0.25) is 0 Å². The zero-order valence-corrected chi connectivity index (χ0v) is 10.8. The predicted octanol–water partition coefficient (Wildman–Crippen LogP) is 1.69. The molecule has 0 radical (unpaired) electrons. The first-order valence-electron chi connectivity index (χ1n) is 5.99. The number of hydrogen-bond donors (Lipinski definition) is 1. The molecule has 1 aliphatic rings. The van der Waals surface area contributed by atoms with Crippen molar-refractivity contribution >= 4 is 5.97 Å². The number of methoxy groups -OCH3 is 1. The zero-order chi connectivity index (χ0) is 14.8. The molecule has 0 aliphatic carbocycles. The number of esters is 1. The molecular formula is C13H14F3NO3. The van der Waals surface area contributed by atoms with Crippen LogP contribution in [0.5, 0.6) is 0 Å². The third kappa shape index (κ3) is 2.64. The minimum Gasteiger partial charge on any atom is -0.467 e. The second-order valence-electron chi connectivity index (χ2n) is 4.45. The molecule has 0 saturated carbocycles. The lowest BCUT2D eigenvalue weighted by Crippen LogP contribution is -2.57.